The number of carboxylic acids is 1. The van der Waals surface area contributed by atoms with E-state index in [1.165, 1.54) is 0 Å². The SMILES string of the molecule is O=C([O-])[C@H]1O[C@H](O)[C@H](O)[C@@H](O)[C@@H]1O. The lowest BCUT2D eigenvalue weighted by atomic mass is 9.99. The van der Waals surface area contributed by atoms with Gasteiger partial charge in [-0.05, 0) is 0 Å². The second-order valence-electron chi connectivity index (χ2n) is 2.74. The molecule has 7 nitrogen and oxygen atoms in total. The van der Waals surface area contributed by atoms with Crippen LogP contribution < -0.4 is 5.11 Å². The summed E-state index contributed by atoms with van der Waals surface area (Å²) in [5.41, 5.74) is 0. The van der Waals surface area contributed by atoms with E-state index >= 15 is 0 Å². The third kappa shape index (κ3) is 1.79. The molecule has 0 spiro atoms. The summed E-state index contributed by atoms with van der Waals surface area (Å²) in [7, 11) is 0. The molecule has 1 saturated heterocycles. The molecule has 0 unspecified atom stereocenters. The molecule has 7 heteroatoms. The highest BCUT2D eigenvalue weighted by atomic mass is 16.6. The second kappa shape index (κ2) is 3.56. The minimum absolute atomic E-state index is 1.73. The minimum atomic E-state index is -1.85. The number of aliphatic hydroxyl groups excluding tert-OH is 4. The van der Waals surface area contributed by atoms with E-state index in [9.17, 15) is 9.90 Å². The highest BCUT2D eigenvalue weighted by Gasteiger charge is 2.43. The second-order valence-corrected chi connectivity index (χ2v) is 2.74. The molecule has 0 aromatic rings. The van der Waals surface area contributed by atoms with Crippen LogP contribution in [0.5, 0.6) is 0 Å². The van der Waals surface area contributed by atoms with Crippen molar-refractivity contribution in [3.05, 3.63) is 0 Å². The smallest absolute Gasteiger partial charge is 0.184 e. The zero-order chi connectivity index (χ0) is 10.2. The molecule has 0 radical (unpaired) electrons. The Morgan fingerprint density at radius 1 is 1.08 bits per heavy atom. The van der Waals surface area contributed by atoms with Crippen LogP contribution in [0.2, 0.25) is 0 Å². The molecule has 0 aliphatic carbocycles. The first kappa shape index (κ1) is 10.4. The summed E-state index contributed by atoms with van der Waals surface area (Å²) < 4.78 is 4.28. The van der Waals surface area contributed by atoms with E-state index in [0.29, 0.717) is 0 Å². The van der Waals surface area contributed by atoms with Gasteiger partial charge in [0.2, 0.25) is 0 Å². The molecule has 0 aromatic carbocycles. The third-order valence-electron chi connectivity index (χ3n) is 1.82. The fraction of sp³-hybridized carbons (Fsp3) is 0.833. The monoisotopic (exact) mass is 193 g/mol. The van der Waals surface area contributed by atoms with Crippen LogP contribution in [-0.2, 0) is 9.53 Å². The van der Waals surface area contributed by atoms with Gasteiger partial charge in [-0.2, -0.15) is 0 Å². The molecule has 13 heavy (non-hydrogen) atoms. The van der Waals surface area contributed by atoms with Crippen LogP contribution in [0.1, 0.15) is 0 Å². The molecule has 5 atom stereocenters. The summed E-state index contributed by atoms with van der Waals surface area (Å²) in [6.45, 7) is 0. The van der Waals surface area contributed by atoms with E-state index < -0.39 is 36.7 Å². The van der Waals surface area contributed by atoms with Gasteiger partial charge >= 0.3 is 0 Å². The van der Waals surface area contributed by atoms with Gasteiger partial charge < -0.3 is 35.1 Å². The zero-order valence-corrected chi connectivity index (χ0v) is 6.40. The van der Waals surface area contributed by atoms with Crippen molar-refractivity contribution in [2.75, 3.05) is 0 Å². The van der Waals surface area contributed by atoms with Gasteiger partial charge in [0.05, 0.1) is 5.97 Å². The Bertz CT molecular complexity index is 205. The summed E-state index contributed by atoms with van der Waals surface area (Å²) in [4.78, 5) is 10.3. The number of aliphatic carboxylic acids is 1. The molecule has 0 amide bonds. The van der Waals surface area contributed by atoms with Crippen LogP contribution in [0.25, 0.3) is 0 Å². The Morgan fingerprint density at radius 2 is 1.62 bits per heavy atom. The van der Waals surface area contributed by atoms with Gasteiger partial charge in [-0.15, -0.1) is 0 Å². The number of ether oxygens (including phenoxy) is 1. The Kier molecular flexibility index (Phi) is 2.84. The summed E-state index contributed by atoms with van der Waals surface area (Å²) in [6, 6.07) is 0. The Hall–Kier alpha value is -0.730. The van der Waals surface area contributed by atoms with Crippen LogP contribution in [0.4, 0.5) is 0 Å². The maximum atomic E-state index is 10.3. The van der Waals surface area contributed by atoms with Gasteiger partial charge in [0, 0.05) is 0 Å². The molecular formula is C6H9O7-. The highest BCUT2D eigenvalue weighted by molar-refractivity contribution is 5.71. The number of carbonyl (C=O) groups excluding carboxylic acids is 1. The lowest BCUT2D eigenvalue weighted by Gasteiger charge is -2.38. The van der Waals surface area contributed by atoms with Crippen molar-refractivity contribution < 1.29 is 35.1 Å². The molecule has 1 heterocycles. The summed E-state index contributed by atoms with van der Waals surface area (Å²) in [5.74, 6) is -1.77. The third-order valence-corrected chi connectivity index (χ3v) is 1.82. The number of hydrogen-bond acceptors (Lipinski definition) is 7. The minimum Gasteiger partial charge on any atom is -0.547 e. The van der Waals surface area contributed by atoms with Gasteiger partial charge in [-0.25, -0.2) is 0 Å². The van der Waals surface area contributed by atoms with Crippen LogP contribution in [0.3, 0.4) is 0 Å². The van der Waals surface area contributed by atoms with Crippen molar-refractivity contribution in [2.24, 2.45) is 0 Å². The molecule has 1 aliphatic heterocycles. The van der Waals surface area contributed by atoms with Gasteiger partial charge in [0.15, 0.2) is 6.29 Å². The molecule has 0 saturated carbocycles. The molecular weight excluding hydrogens is 184 g/mol. The molecule has 1 fully saturated rings. The van der Waals surface area contributed by atoms with Crippen LogP contribution in [0.15, 0.2) is 0 Å². The first-order chi connectivity index (χ1) is 5.95. The van der Waals surface area contributed by atoms with Crippen molar-refractivity contribution in [1.82, 2.24) is 0 Å². The summed E-state index contributed by atoms with van der Waals surface area (Å²) in [5, 5.41) is 46.1. The van der Waals surface area contributed by atoms with E-state index in [1.807, 2.05) is 0 Å². The molecule has 0 aromatic heterocycles. The average molecular weight is 193 g/mol. The van der Waals surface area contributed by atoms with Gasteiger partial charge in [0.1, 0.15) is 24.4 Å². The predicted octanol–water partition coefficient (Wildman–Crippen LogP) is -4.46. The molecule has 4 N–H and O–H groups in total. The molecule has 1 aliphatic rings. The number of carbonyl (C=O) groups is 1. The van der Waals surface area contributed by atoms with E-state index in [1.54, 1.807) is 0 Å². The van der Waals surface area contributed by atoms with E-state index in [2.05, 4.69) is 4.74 Å². The fourth-order valence-corrected chi connectivity index (χ4v) is 1.06. The maximum Gasteiger partial charge on any atom is 0.184 e. The maximum absolute atomic E-state index is 10.3. The normalized spacial score (nSPS) is 46.0. The van der Waals surface area contributed by atoms with Crippen molar-refractivity contribution in [3.8, 4) is 0 Å². The van der Waals surface area contributed by atoms with Gasteiger partial charge in [0.25, 0.3) is 0 Å². The number of aliphatic hydroxyl groups is 4. The Morgan fingerprint density at radius 3 is 2.08 bits per heavy atom. The number of carboxylic acid groups (broad SMARTS) is 1. The van der Waals surface area contributed by atoms with Gasteiger partial charge in [-0.3, -0.25) is 0 Å². The standard InChI is InChI=1S/C6H10O7/c7-1-2(8)4(5(10)11)13-6(12)3(1)9/h1-4,6-9,12H,(H,10,11)/p-1/t1-,2-,3+,4-,6-/m0/s1. The lowest BCUT2D eigenvalue weighted by molar-refractivity contribution is -0.345. The van der Waals surface area contributed by atoms with Crippen LogP contribution >= 0.6 is 0 Å². The fourth-order valence-electron chi connectivity index (χ4n) is 1.06. The van der Waals surface area contributed by atoms with E-state index in [0.717, 1.165) is 0 Å². The van der Waals surface area contributed by atoms with Crippen LogP contribution in [-0.4, -0.2) is 57.1 Å². The summed E-state index contributed by atoms with van der Waals surface area (Å²) >= 11 is 0. The average Bonchev–Trinajstić information content (AvgIpc) is 2.07. The van der Waals surface area contributed by atoms with Crippen LogP contribution in [0, 0.1) is 0 Å². The topological polar surface area (TPSA) is 130 Å². The largest absolute Gasteiger partial charge is 0.547 e. The number of rotatable bonds is 1. The van der Waals surface area contributed by atoms with E-state index in [-0.39, 0.29) is 0 Å². The summed E-state index contributed by atoms with van der Waals surface area (Å²) in [6.07, 6.45) is -9.00. The van der Waals surface area contributed by atoms with E-state index in [4.69, 9.17) is 20.4 Å². The van der Waals surface area contributed by atoms with Crippen molar-refractivity contribution in [2.45, 2.75) is 30.7 Å². The Balaban J connectivity index is 2.76. The van der Waals surface area contributed by atoms with Crippen molar-refractivity contribution >= 4 is 5.97 Å². The number of hydrogen-bond donors (Lipinski definition) is 4. The zero-order valence-electron chi connectivity index (χ0n) is 6.40. The lowest BCUT2D eigenvalue weighted by Crippen LogP contribution is -2.62. The Labute approximate surface area is 72.8 Å². The molecule has 1 rings (SSSR count). The van der Waals surface area contributed by atoms with Gasteiger partial charge in [-0.1, -0.05) is 0 Å². The first-order valence-corrected chi connectivity index (χ1v) is 3.53. The highest BCUT2D eigenvalue weighted by Crippen LogP contribution is 2.19. The quantitative estimate of drug-likeness (QED) is 0.330. The molecule has 0 bridgehead atoms. The molecule has 76 valence electrons. The van der Waals surface area contributed by atoms with Crippen molar-refractivity contribution in [3.63, 3.8) is 0 Å². The van der Waals surface area contributed by atoms with Crippen molar-refractivity contribution in [1.29, 1.82) is 0 Å². The first-order valence-electron chi connectivity index (χ1n) is 3.53. The predicted molar refractivity (Wildman–Crippen MR) is 33.9 cm³/mol.